The molecule has 0 unspecified atom stereocenters. The molecule has 0 fully saturated rings. The van der Waals surface area contributed by atoms with Gasteiger partial charge in [-0.2, -0.15) is 0 Å². The first-order valence-electron chi connectivity index (χ1n) is 8.26. The normalized spacial score (nSPS) is 10.4. The quantitative estimate of drug-likeness (QED) is 0.768. The van der Waals surface area contributed by atoms with Crippen LogP contribution >= 0.6 is 0 Å². The largest absolute Gasteiger partial charge is 0.497 e. The third-order valence-electron chi connectivity index (χ3n) is 4.07. The van der Waals surface area contributed by atoms with Crippen molar-refractivity contribution in [3.8, 4) is 5.75 Å². The summed E-state index contributed by atoms with van der Waals surface area (Å²) in [5.74, 6) is 0.504. The number of hydrogen-bond donors (Lipinski definition) is 1. The molecule has 132 valence electrons. The lowest BCUT2D eigenvalue weighted by molar-refractivity contribution is 0.102. The van der Waals surface area contributed by atoms with Crippen molar-refractivity contribution in [3.05, 3.63) is 93.9 Å². The van der Waals surface area contributed by atoms with Gasteiger partial charge < -0.3 is 14.6 Å². The molecule has 0 radical (unpaired) electrons. The van der Waals surface area contributed by atoms with Gasteiger partial charge in [-0.1, -0.05) is 29.8 Å². The fraction of sp³-hybridized carbons (Fsp3) is 0.143. The lowest BCUT2D eigenvalue weighted by Crippen LogP contribution is -2.22. The number of benzene rings is 2. The fourth-order valence-corrected chi connectivity index (χ4v) is 2.56. The van der Waals surface area contributed by atoms with E-state index in [0.29, 0.717) is 17.8 Å². The molecular weight excluding hydrogens is 328 g/mol. The van der Waals surface area contributed by atoms with Gasteiger partial charge in [-0.25, -0.2) is 0 Å². The highest BCUT2D eigenvalue weighted by atomic mass is 16.5. The number of nitrogens with one attached hydrogen (secondary N) is 1. The number of amides is 1. The van der Waals surface area contributed by atoms with Gasteiger partial charge >= 0.3 is 0 Å². The molecule has 0 bridgehead atoms. The Morgan fingerprint density at radius 2 is 1.69 bits per heavy atom. The van der Waals surface area contributed by atoms with Crippen molar-refractivity contribution >= 4 is 11.6 Å². The highest BCUT2D eigenvalue weighted by molar-refractivity contribution is 6.04. The number of anilines is 1. The summed E-state index contributed by atoms with van der Waals surface area (Å²) in [7, 11) is 1.61. The summed E-state index contributed by atoms with van der Waals surface area (Å²) >= 11 is 0. The van der Waals surface area contributed by atoms with Crippen LogP contribution in [0.4, 0.5) is 5.69 Å². The maximum absolute atomic E-state index is 12.5. The molecule has 0 atom stereocenters. The first kappa shape index (κ1) is 17.5. The molecule has 1 N–H and O–H groups in total. The molecule has 0 saturated heterocycles. The molecule has 1 heterocycles. The van der Waals surface area contributed by atoms with Crippen LogP contribution in [0.3, 0.4) is 0 Å². The number of pyridine rings is 1. The number of nitrogens with zero attached hydrogens (tertiary/aromatic N) is 1. The van der Waals surface area contributed by atoms with Gasteiger partial charge in [-0.05, 0) is 42.8 Å². The second kappa shape index (κ2) is 7.70. The summed E-state index contributed by atoms with van der Waals surface area (Å²) in [6.07, 6.45) is 1.58. The van der Waals surface area contributed by atoms with Crippen LogP contribution < -0.4 is 15.6 Å². The van der Waals surface area contributed by atoms with Gasteiger partial charge in [0.2, 0.25) is 0 Å². The average Bonchev–Trinajstić information content (AvgIpc) is 2.66. The second-order valence-corrected chi connectivity index (χ2v) is 6.05. The summed E-state index contributed by atoms with van der Waals surface area (Å²) in [5.41, 5.74) is 3.06. The molecule has 26 heavy (non-hydrogen) atoms. The summed E-state index contributed by atoms with van der Waals surface area (Å²) in [6, 6.07) is 18.0. The van der Waals surface area contributed by atoms with E-state index in [-0.39, 0.29) is 11.5 Å². The molecule has 0 aliphatic rings. The van der Waals surface area contributed by atoms with Crippen LogP contribution in [0.25, 0.3) is 0 Å². The van der Waals surface area contributed by atoms with E-state index >= 15 is 0 Å². The number of hydrogen-bond acceptors (Lipinski definition) is 3. The average molecular weight is 348 g/mol. The zero-order valence-electron chi connectivity index (χ0n) is 14.7. The molecule has 0 aliphatic carbocycles. The number of ether oxygens (including phenoxy) is 1. The smallest absolute Gasteiger partial charge is 0.257 e. The van der Waals surface area contributed by atoms with Crippen molar-refractivity contribution in [1.82, 2.24) is 4.57 Å². The number of rotatable bonds is 5. The molecular formula is C21H20N2O3. The minimum Gasteiger partial charge on any atom is -0.497 e. The van der Waals surface area contributed by atoms with E-state index in [1.165, 1.54) is 16.7 Å². The van der Waals surface area contributed by atoms with Crippen molar-refractivity contribution < 1.29 is 9.53 Å². The zero-order chi connectivity index (χ0) is 18.5. The minimum absolute atomic E-state index is 0.160. The first-order valence-corrected chi connectivity index (χ1v) is 8.26. The maximum atomic E-state index is 12.5. The molecule has 3 aromatic rings. The predicted octanol–water partition coefficient (Wildman–Crippen LogP) is 3.47. The van der Waals surface area contributed by atoms with Crippen molar-refractivity contribution in [2.45, 2.75) is 13.5 Å². The molecule has 0 spiro atoms. The van der Waals surface area contributed by atoms with Crippen molar-refractivity contribution in [2.75, 3.05) is 12.4 Å². The van der Waals surface area contributed by atoms with Gasteiger partial charge in [-0.3, -0.25) is 9.59 Å². The van der Waals surface area contributed by atoms with Crippen molar-refractivity contribution in [2.24, 2.45) is 0 Å². The van der Waals surface area contributed by atoms with Crippen LogP contribution in [0.15, 0.2) is 71.7 Å². The third-order valence-corrected chi connectivity index (χ3v) is 4.07. The summed E-state index contributed by atoms with van der Waals surface area (Å²) < 4.78 is 6.66. The molecule has 0 aliphatic heterocycles. The second-order valence-electron chi connectivity index (χ2n) is 6.05. The van der Waals surface area contributed by atoms with Crippen LogP contribution in [-0.4, -0.2) is 17.6 Å². The number of aromatic nitrogens is 1. The van der Waals surface area contributed by atoms with Gasteiger partial charge in [0.1, 0.15) is 5.75 Å². The number of methoxy groups -OCH3 is 1. The van der Waals surface area contributed by atoms with E-state index in [1.807, 2.05) is 55.5 Å². The Kier molecular flexibility index (Phi) is 5.17. The molecule has 1 aromatic heterocycles. The van der Waals surface area contributed by atoms with Crippen LogP contribution in [0.5, 0.6) is 5.75 Å². The standard InChI is InChI=1S/C21H20N2O3/c1-15-3-8-18(9-4-15)22-21(25)17-7-12-20(24)23(14-17)13-16-5-10-19(26-2)11-6-16/h3-12,14H,13H2,1-2H3,(H,22,25). The van der Waals surface area contributed by atoms with Crippen LogP contribution in [-0.2, 0) is 6.54 Å². The lowest BCUT2D eigenvalue weighted by atomic mass is 10.2. The van der Waals surface area contributed by atoms with E-state index in [1.54, 1.807) is 13.3 Å². The Morgan fingerprint density at radius 3 is 2.35 bits per heavy atom. The van der Waals surface area contributed by atoms with Crippen molar-refractivity contribution in [1.29, 1.82) is 0 Å². The SMILES string of the molecule is COc1ccc(Cn2cc(C(=O)Nc3ccc(C)cc3)ccc2=O)cc1. The van der Waals surface area contributed by atoms with Crippen LogP contribution in [0, 0.1) is 6.92 Å². The zero-order valence-corrected chi connectivity index (χ0v) is 14.7. The molecule has 2 aromatic carbocycles. The Hall–Kier alpha value is -3.34. The monoisotopic (exact) mass is 348 g/mol. The van der Waals surface area contributed by atoms with Crippen LogP contribution in [0.1, 0.15) is 21.5 Å². The molecule has 0 saturated carbocycles. The summed E-state index contributed by atoms with van der Waals surface area (Å²) in [6.45, 7) is 2.37. The van der Waals surface area contributed by atoms with Gasteiger partial charge in [0.25, 0.3) is 11.5 Å². The van der Waals surface area contributed by atoms with E-state index in [2.05, 4.69) is 5.32 Å². The highest BCUT2D eigenvalue weighted by Gasteiger charge is 2.09. The molecule has 5 nitrogen and oxygen atoms in total. The number of aryl methyl sites for hydroxylation is 1. The minimum atomic E-state index is -0.252. The summed E-state index contributed by atoms with van der Waals surface area (Å²) in [4.78, 5) is 24.6. The van der Waals surface area contributed by atoms with Gasteiger partial charge in [0.05, 0.1) is 19.2 Å². The Morgan fingerprint density at radius 1 is 1.00 bits per heavy atom. The maximum Gasteiger partial charge on any atom is 0.257 e. The van der Waals surface area contributed by atoms with Gasteiger partial charge in [0.15, 0.2) is 0 Å². The predicted molar refractivity (Wildman–Crippen MR) is 102 cm³/mol. The molecule has 3 rings (SSSR count). The van der Waals surface area contributed by atoms with E-state index < -0.39 is 0 Å². The molecule has 1 amide bonds. The highest BCUT2D eigenvalue weighted by Crippen LogP contribution is 2.13. The van der Waals surface area contributed by atoms with Gasteiger partial charge in [-0.15, -0.1) is 0 Å². The van der Waals surface area contributed by atoms with Crippen molar-refractivity contribution in [3.63, 3.8) is 0 Å². The number of carbonyl (C=O) groups is 1. The van der Waals surface area contributed by atoms with E-state index in [9.17, 15) is 9.59 Å². The van der Waals surface area contributed by atoms with Gasteiger partial charge in [0, 0.05) is 18.0 Å². The Labute approximate surface area is 151 Å². The van der Waals surface area contributed by atoms with Crippen LogP contribution in [0.2, 0.25) is 0 Å². The fourth-order valence-electron chi connectivity index (χ4n) is 2.56. The lowest BCUT2D eigenvalue weighted by Gasteiger charge is -2.10. The third kappa shape index (κ3) is 4.19. The van der Waals surface area contributed by atoms with E-state index in [0.717, 1.165) is 16.9 Å². The number of carbonyl (C=O) groups excluding carboxylic acids is 1. The topological polar surface area (TPSA) is 60.3 Å². The summed E-state index contributed by atoms with van der Waals surface area (Å²) in [5, 5.41) is 2.84. The molecule has 5 heteroatoms. The Bertz CT molecular complexity index is 958. The van der Waals surface area contributed by atoms with E-state index in [4.69, 9.17) is 4.74 Å². The first-order chi connectivity index (χ1) is 12.5. The Balaban J connectivity index is 1.78.